The number of nitrogens with one attached hydrogen (secondary N) is 1. The minimum absolute atomic E-state index is 0.363. The first-order chi connectivity index (χ1) is 14.2. The van der Waals surface area contributed by atoms with E-state index in [1.807, 2.05) is 30.3 Å². The maximum atomic E-state index is 11.3. The Hall–Kier alpha value is -3.52. The molecule has 0 unspecified atom stereocenters. The van der Waals surface area contributed by atoms with Gasteiger partial charge in [-0.25, -0.2) is 4.98 Å². The van der Waals surface area contributed by atoms with Crippen LogP contribution in [-0.4, -0.2) is 47.2 Å². The van der Waals surface area contributed by atoms with E-state index in [1.165, 1.54) is 6.92 Å². The van der Waals surface area contributed by atoms with Crippen LogP contribution in [0.1, 0.15) is 6.92 Å². The fraction of sp³-hybridized carbons (Fsp3) is 0.238. The minimum Gasteiger partial charge on any atom is -0.427 e. The number of hydrogen-bond acceptors (Lipinski definition) is 8. The molecule has 1 saturated heterocycles. The van der Waals surface area contributed by atoms with Gasteiger partial charge in [-0.3, -0.25) is 9.78 Å². The number of anilines is 3. The fourth-order valence-corrected chi connectivity index (χ4v) is 3.02. The molecule has 1 aliphatic rings. The van der Waals surface area contributed by atoms with Crippen molar-refractivity contribution in [3.63, 3.8) is 0 Å². The molecule has 148 valence electrons. The summed E-state index contributed by atoms with van der Waals surface area (Å²) in [7, 11) is 0. The smallest absolute Gasteiger partial charge is 0.308 e. The molecular weight excluding hydrogens is 370 g/mol. The summed E-state index contributed by atoms with van der Waals surface area (Å²) in [4.78, 5) is 27.0. The molecule has 8 nitrogen and oxygen atoms in total. The van der Waals surface area contributed by atoms with E-state index in [1.54, 1.807) is 24.5 Å². The van der Waals surface area contributed by atoms with Crippen LogP contribution in [0.4, 0.5) is 17.5 Å². The van der Waals surface area contributed by atoms with Crippen molar-refractivity contribution in [3.05, 3.63) is 54.9 Å². The molecule has 0 atom stereocenters. The summed E-state index contributed by atoms with van der Waals surface area (Å²) in [6.45, 7) is 4.11. The molecule has 3 aromatic rings. The highest BCUT2D eigenvalue weighted by Crippen LogP contribution is 2.27. The SMILES string of the molecule is CC(=O)Oc1cccc(-c2cc(Nc3cccnc3)nc(N3CCOCC3)n2)c1. The molecule has 0 aliphatic carbocycles. The lowest BCUT2D eigenvalue weighted by molar-refractivity contribution is -0.131. The average molecular weight is 391 g/mol. The van der Waals surface area contributed by atoms with E-state index < -0.39 is 0 Å². The third kappa shape index (κ3) is 4.85. The van der Waals surface area contributed by atoms with E-state index in [2.05, 4.69) is 20.2 Å². The van der Waals surface area contributed by atoms with E-state index in [9.17, 15) is 4.79 Å². The molecule has 1 aliphatic heterocycles. The summed E-state index contributed by atoms with van der Waals surface area (Å²) in [6.07, 6.45) is 3.45. The van der Waals surface area contributed by atoms with Crippen LogP contribution in [0.2, 0.25) is 0 Å². The first-order valence-corrected chi connectivity index (χ1v) is 9.35. The molecule has 1 N–H and O–H groups in total. The highest BCUT2D eigenvalue weighted by molar-refractivity contribution is 5.72. The third-order valence-electron chi connectivity index (χ3n) is 4.33. The number of aromatic nitrogens is 3. The number of carbonyl (C=O) groups is 1. The quantitative estimate of drug-likeness (QED) is 0.524. The molecule has 0 amide bonds. The largest absolute Gasteiger partial charge is 0.427 e. The topological polar surface area (TPSA) is 89.5 Å². The predicted molar refractivity (Wildman–Crippen MR) is 109 cm³/mol. The zero-order valence-electron chi connectivity index (χ0n) is 16.0. The molecule has 0 bridgehead atoms. The van der Waals surface area contributed by atoms with Gasteiger partial charge in [-0.2, -0.15) is 4.98 Å². The lowest BCUT2D eigenvalue weighted by Gasteiger charge is -2.27. The van der Waals surface area contributed by atoms with Gasteiger partial charge in [-0.05, 0) is 24.3 Å². The van der Waals surface area contributed by atoms with Gasteiger partial charge < -0.3 is 19.7 Å². The summed E-state index contributed by atoms with van der Waals surface area (Å²) in [6, 6.07) is 12.9. The molecule has 2 aromatic heterocycles. The molecular formula is C21H21N5O3. The van der Waals surface area contributed by atoms with Gasteiger partial charge in [0.1, 0.15) is 11.6 Å². The molecule has 4 rings (SSSR count). The standard InChI is InChI=1S/C21H21N5O3/c1-15(27)29-18-6-2-4-16(12-18)19-13-20(23-17-5-3-7-22-14-17)25-21(24-19)26-8-10-28-11-9-26/h2-7,12-14H,8-11H2,1H3,(H,23,24,25). The van der Waals surface area contributed by atoms with Gasteiger partial charge in [-0.15, -0.1) is 0 Å². The van der Waals surface area contributed by atoms with Crippen molar-refractivity contribution in [2.75, 3.05) is 36.5 Å². The van der Waals surface area contributed by atoms with Crippen LogP contribution in [0, 0.1) is 0 Å². The maximum Gasteiger partial charge on any atom is 0.308 e. The van der Waals surface area contributed by atoms with Crippen molar-refractivity contribution in [1.29, 1.82) is 0 Å². The van der Waals surface area contributed by atoms with Gasteiger partial charge in [-0.1, -0.05) is 12.1 Å². The summed E-state index contributed by atoms with van der Waals surface area (Å²) < 4.78 is 10.7. The van der Waals surface area contributed by atoms with E-state index >= 15 is 0 Å². The van der Waals surface area contributed by atoms with Gasteiger partial charge in [0.15, 0.2) is 0 Å². The number of carbonyl (C=O) groups excluding carboxylic acids is 1. The molecule has 0 saturated carbocycles. The lowest BCUT2D eigenvalue weighted by Crippen LogP contribution is -2.37. The normalized spacial score (nSPS) is 13.8. The van der Waals surface area contributed by atoms with Crippen molar-refractivity contribution in [2.24, 2.45) is 0 Å². The highest BCUT2D eigenvalue weighted by Gasteiger charge is 2.17. The number of morpholine rings is 1. The van der Waals surface area contributed by atoms with Crippen LogP contribution in [0.5, 0.6) is 5.75 Å². The van der Waals surface area contributed by atoms with Gasteiger partial charge in [0.05, 0.1) is 30.8 Å². The number of esters is 1. The number of ether oxygens (including phenoxy) is 2. The first-order valence-electron chi connectivity index (χ1n) is 9.35. The third-order valence-corrected chi connectivity index (χ3v) is 4.33. The second-order valence-electron chi connectivity index (χ2n) is 6.53. The Balaban J connectivity index is 1.72. The van der Waals surface area contributed by atoms with Crippen molar-refractivity contribution in [3.8, 4) is 17.0 Å². The van der Waals surface area contributed by atoms with Crippen molar-refractivity contribution in [2.45, 2.75) is 6.92 Å². The Morgan fingerprint density at radius 1 is 1.14 bits per heavy atom. The van der Waals surface area contributed by atoms with Crippen LogP contribution in [0.15, 0.2) is 54.9 Å². The summed E-state index contributed by atoms with van der Waals surface area (Å²) in [5.74, 6) is 1.39. The number of benzene rings is 1. The molecule has 8 heteroatoms. The lowest BCUT2D eigenvalue weighted by atomic mass is 10.1. The van der Waals surface area contributed by atoms with Gasteiger partial charge in [0, 0.05) is 37.8 Å². The van der Waals surface area contributed by atoms with Crippen molar-refractivity contribution >= 4 is 23.4 Å². The van der Waals surface area contributed by atoms with Crippen LogP contribution in [0.25, 0.3) is 11.3 Å². The van der Waals surface area contributed by atoms with E-state index in [0.29, 0.717) is 30.7 Å². The Labute approximate surface area is 168 Å². The molecule has 1 aromatic carbocycles. The molecule has 1 fully saturated rings. The van der Waals surface area contributed by atoms with Crippen LogP contribution >= 0.6 is 0 Å². The van der Waals surface area contributed by atoms with Crippen molar-refractivity contribution in [1.82, 2.24) is 15.0 Å². The second kappa shape index (κ2) is 8.66. The van der Waals surface area contributed by atoms with E-state index in [4.69, 9.17) is 14.5 Å². The van der Waals surface area contributed by atoms with Gasteiger partial charge in [0.25, 0.3) is 0 Å². The van der Waals surface area contributed by atoms with Crippen LogP contribution in [0.3, 0.4) is 0 Å². The Kier molecular flexibility index (Phi) is 5.62. The van der Waals surface area contributed by atoms with Crippen LogP contribution in [-0.2, 0) is 9.53 Å². The van der Waals surface area contributed by atoms with E-state index in [0.717, 1.165) is 30.0 Å². The number of nitrogens with zero attached hydrogens (tertiary/aromatic N) is 4. The minimum atomic E-state index is -0.363. The van der Waals surface area contributed by atoms with Crippen LogP contribution < -0.4 is 15.0 Å². The average Bonchev–Trinajstić information content (AvgIpc) is 2.75. The monoisotopic (exact) mass is 391 g/mol. The zero-order chi connectivity index (χ0) is 20.1. The maximum absolute atomic E-state index is 11.3. The Morgan fingerprint density at radius 3 is 2.76 bits per heavy atom. The molecule has 29 heavy (non-hydrogen) atoms. The fourth-order valence-electron chi connectivity index (χ4n) is 3.02. The zero-order valence-corrected chi connectivity index (χ0v) is 16.0. The molecule has 3 heterocycles. The molecule has 0 radical (unpaired) electrons. The van der Waals surface area contributed by atoms with Gasteiger partial charge in [0.2, 0.25) is 5.95 Å². The number of pyridine rings is 1. The molecule has 0 spiro atoms. The first kappa shape index (κ1) is 18.8. The Bertz CT molecular complexity index is 991. The summed E-state index contributed by atoms with van der Waals surface area (Å²) in [5.41, 5.74) is 2.38. The Morgan fingerprint density at radius 2 is 2.00 bits per heavy atom. The highest BCUT2D eigenvalue weighted by atomic mass is 16.5. The summed E-state index contributed by atoms with van der Waals surface area (Å²) >= 11 is 0. The second-order valence-corrected chi connectivity index (χ2v) is 6.53. The predicted octanol–water partition coefficient (Wildman–Crippen LogP) is 3.04. The summed E-state index contributed by atoms with van der Waals surface area (Å²) in [5, 5.41) is 3.28. The number of rotatable bonds is 5. The number of hydrogen-bond donors (Lipinski definition) is 1. The van der Waals surface area contributed by atoms with Crippen molar-refractivity contribution < 1.29 is 14.3 Å². The van der Waals surface area contributed by atoms with Gasteiger partial charge >= 0.3 is 5.97 Å². The van der Waals surface area contributed by atoms with E-state index in [-0.39, 0.29) is 5.97 Å².